The van der Waals surface area contributed by atoms with E-state index in [0.29, 0.717) is 5.69 Å². The maximum absolute atomic E-state index is 11.1. The van der Waals surface area contributed by atoms with E-state index in [-0.39, 0.29) is 5.56 Å². The highest BCUT2D eigenvalue weighted by molar-refractivity contribution is 5.94. The number of carbonyl (C=O) groups is 1. The Morgan fingerprint density at radius 3 is 2.33 bits per heavy atom. The molecule has 2 N–H and O–H groups in total. The first-order chi connectivity index (χ1) is 8.47. The summed E-state index contributed by atoms with van der Waals surface area (Å²) in [5, 5.41) is 12.3. The minimum absolute atomic E-state index is 0.276. The molecule has 1 rings (SSSR count). The number of anilines is 1. The van der Waals surface area contributed by atoms with Crippen LogP contribution in [0.3, 0.4) is 0 Å². The first-order valence-corrected chi connectivity index (χ1v) is 5.87. The number of nitrogens with one attached hydrogen (secondary N) is 1. The van der Waals surface area contributed by atoms with Crippen molar-refractivity contribution in [3.63, 3.8) is 0 Å². The fourth-order valence-corrected chi connectivity index (χ4v) is 1.58. The lowest BCUT2D eigenvalue weighted by molar-refractivity contribution is 0.0698. The molecule has 0 unspecified atom stereocenters. The summed E-state index contributed by atoms with van der Waals surface area (Å²) in [7, 11) is 0. The average molecular weight is 245 g/mol. The van der Waals surface area contributed by atoms with Crippen LogP contribution in [-0.2, 0) is 0 Å². The average Bonchev–Trinajstić information content (AvgIpc) is 2.35. The number of benzene rings is 1. The highest BCUT2D eigenvalue weighted by Gasteiger charge is 2.10. The van der Waals surface area contributed by atoms with Crippen LogP contribution in [0.4, 0.5) is 5.69 Å². The molecular weight excluding hydrogens is 226 g/mol. The maximum atomic E-state index is 11.1. The van der Waals surface area contributed by atoms with Gasteiger partial charge in [-0.1, -0.05) is 23.8 Å². The lowest BCUT2D eigenvalue weighted by Crippen LogP contribution is -2.07. The van der Waals surface area contributed by atoms with Gasteiger partial charge in [0, 0.05) is 5.70 Å². The third kappa shape index (κ3) is 3.23. The van der Waals surface area contributed by atoms with Crippen LogP contribution in [0.1, 0.15) is 38.1 Å². The summed E-state index contributed by atoms with van der Waals surface area (Å²) in [6.45, 7) is 8.01. The van der Waals surface area contributed by atoms with E-state index in [1.807, 2.05) is 39.8 Å². The highest BCUT2D eigenvalue weighted by atomic mass is 16.4. The van der Waals surface area contributed by atoms with Crippen molar-refractivity contribution in [2.24, 2.45) is 0 Å². The highest BCUT2D eigenvalue weighted by Crippen LogP contribution is 2.21. The molecular formula is C15H19NO2. The zero-order valence-electron chi connectivity index (χ0n) is 11.2. The zero-order chi connectivity index (χ0) is 13.7. The molecule has 0 aromatic heterocycles. The topological polar surface area (TPSA) is 49.3 Å². The smallest absolute Gasteiger partial charge is 0.337 e. The molecule has 0 radical (unpaired) electrons. The second-order valence-corrected chi connectivity index (χ2v) is 4.30. The van der Waals surface area contributed by atoms with Gasteiger partial charge in [0.2, 0.25) is 0 Å². The Morgan fingerprint density at radius 2 is 1.83 bits per heavy atom. The summed E-state index contributed by atoms with van der Waals surface area (Å²) < 4.78 is 0. The van der Waals surface area contributed by atoms with Crippen LogP contribution in [0, 0.1) is 0 Å². The Morgan fingerprint density at radius 1 is 1.22 bits per heavy atom. The molecule has 0 bridgehead atoms. The summed E-state index contributed by atoms with van der Waals surface area (Å²) in [5.74, 6) is -0.927. The SMILES string of the molecule is C/C=C(/Nc1ccccc1C(=O)O)C(C)=C(C)C. The third-order valence-corrected chi connectivity index (χ3v) is 2.87. The Hall–Kier alpha value is -2.03. The van der Waals surface area contributed by atoms with E-state index >= 15 is 0 Å². The molecule has 0 saturated heterocycles. The number of allylic oxidation sites excluding steroid dienone is 3. The van der Waals surface area contributed by atoms with Gasteiger partial charge in [-0.25, -0.2) is 4.79 Å². The summed E-state index contributed by atoms with van der Waals surface area (Å²) in [6, 6.07) is 6.90. The number of carboxylic acid groups (broad SMARTS) is 1. The number of hydrogen-bond acceptors (Lipinski definition) is 2. The number of carboxylic acids is 1. The van der Waals surface area contributed by atoms with Crippen LogP contribution in [0.5, 0.6) is 0 Å². The normalized spacial score (nSPS) is 11.0. The molecule has 1 aromatic carbocycles. The first kappa shape index (κ1) is 14.0. The van der Waals surface area contributed by atoms with E-state index in [1.54, 1.807) is 18.2 Å². The lowest BCUT2D eigenvalue weighted by Gasteiger charge is -2.14. The van der Waals surface area contributed by atoms with Crippen molar-refractivity contribution in [1.82, 2.24) is 0 Å². The van der Waals surface area contributed by atoms with Crippen LogP contribution in [-0.4, -0.2) is 11.1 Å². The van der Waals surface area contributed by atoms with Gasteiger partial charge < -0.3 is 10.4 Å². The quantitative estimate of drug-likeness (QED) is 0.786. The monoisotopic (exact) mass is 245 g/mol. The second-order valence-electron chi connectivity index (χ2n) is 4.30. The van der Waals surface area contributed by atoms with E-state index < -0.39 is 5.97 Å². The van der Waals surface area contributed by atoms with Gasteiger partial charge in [0.15, 0.2) is 0 Å². The van der Waals surface area contributed by atoms with Gasteiger partial charge in [0.1, 0.15) is 0 Å². The Bertz CT molecular complexity index is 509. The Balaban J connectivity index is 3.12. The van der Waals surface area contributed by atoms with Crippen molar-refractivity contribution >= 4 is 11.7 Å². The van der Waals surface area contributed by atoms with Crippen LogP contribution in [0.25, 0.3) is 0 Å². The van der Waals surface area contributed by atoms with E-state index in [4.69, 9.17) is 5.11 Å². The molecule has 0 aliphatic carbocycles. The zero-order valence-corrected chi connectivity index (χ0v) is 11.2. The predicted molar refractivity (Wildman–Crippen MR) is 74.8 cm³/mol. The van der Waals surface area contributed by atoms with Crippen LogP contribution < -0.4 is 5.32 Å². The Labute approximate surface area is 108 Å². The summed E-state index contributed by atoms with van der Waals surface area (Å²) in [4.78, 5) is 11.1. The van der Waals surface area contributed by atoms with Crippen LogP contribution in [0.2, 0.25) is 0 Å². The number of aromatic carboxylic acids is 1. The molecule has 0 amide bonds. The molecule has 0 heterocycles. The van der Waals surface area contributed by atoms with E-state index in [1.165, 1.54) is 5.57 Å². The van der Waals surface area contributed by atoms with Gasteiger partial charge >= 0.3 is 5.97 Å². The van der Waals surface area contributed by atoms with Gasteiger partial charge in [0.25, 0.3) is 0 Å². The molecule has 3 heteroatoms. The van der Waals surface area contributed by atoms with Crippen LogP contribution in [0.15, 0.2) is 47.2 Å². The molecule has 0 aliphatic rings. The fraction of sp³-hybridized carbons (Fsp3) is 0.267. The Kier molecular flexibility index (Phi) is 4.72. The molecule has 0 spiro atoms. The molecule has 1 aromatic rings. The first-order valence-electron chi connectivity index (χ1n) is 5.87. The van der Waals surface area contributed by atoms with E-state index in [0.717, 1.165) is 11.3 Å². The minimum Gasteiger partial charge on any atom is -0.478 e. The summed E-state index contributed by atoms with van der Waals surface area (Å²) in [5.41, 5.74) is 4.14. The van der Waals surface area contributed by atoms with E-state index in [9.17, 15) is 4.79 Å². The van der Waals surface area contributed by atoms with Crippen LogP contribution >= 0.6 is 0 Å². The van der Waals surface area contributed by atoms with Gasteiger partial charge in [-0.15, -0.1) is 0 Å². The van der Waals surface area contributed by atoms with Gasteiger partial charge in [-0.05, 0) is 45.4 Å². The van der Waals surface area contributed by atoms with Crippen molar-refractivity contribution < 1.29 is 9.90 Å². The van der Waals surface area contributed by atoms with E-state index in [2.05, 4.69) is 5.32 Å². The molecule has 0 atom stereocenters. The molecule has 3 nitrogen and oxygen atoms in total. The largest absolute Gasteiger partial charge is 0.478 e. The molecule has 0 aliphatic heterocycles. The number of hydrogen-bond donors (Lipinski definition) is 2. The predicted octanol–water partition coefficient (Wildman–Crippen LogP) is 4.06. The molecule has 18 heavy (non-hydrogen) atoms. The lowest BCUT2D eigenvalue weighted by atomic mass is 10.1. The van der Waals surface area contributed by atoms with Crippen molar-refractivity contribution in [3.05, 3.63) is 52.7 Å². The van der Waals surface area contributed by atoms with Gasteiger partial charge in [0.05, 0.1) is 11.3 Å². The minimum atomic E-state index is -0.927. The van der Waals surface area contributed by atoms with Crippen molar-refractivity contribution in [1.29, 1.82) is 0 Å². The standard InChI is InChI=1S/C15H19NO2/c1-5-13(11(4)10(2)3)16-14-9-7-6-8-12(14)15(17)18/h5-9,16H,1-4H3,(H,17,18)/b13-5+. The summed E-state index contributed by atoms with van der Waals surface area (Å²) >= 11 is 0. The van der Waals surface area contributed by atoms with Gasteiger partial charge in [-0.3, -0.25) is 0 Å². The van der Waals surface area contributed by atoms with Crippen molar-refractivity contribution in [3.8, 4) is 0 Å². The van der Waals surface area contributed by atoms with Crippen molar-refractivity contribution in [2.45, 2.75) is 27.7 Å². The third-order valence-electron chi connectivity index (χ3n) is 2.87. The van der Waals surface area contributed by atoms with Crippen molar-refractivity contribution in [2.75, 3.05) is 5.32 Å². The molecule has 0 saturated carbocycles. The second kappa shape index (κ2) is 6.05. The number of para-hydroxylation sites is 1. The fourth-order valence-electron chi connectivity index (χ4n) is 1.58. The molecule has 0 fully saturated rings. The summed E-state index contributed by atoms with van der Waals surface area (Å²) in [6.07, 6.45) is 1.95. The van der Waals surface area contributed by atoms with Gasteiger partial charge in [-0.2, -0.15) is 0 Å². The number of rotatable bonds is 4. The molecule has 96 valence electrons. The maximum Gasteiger partial charge on any atom is 0.337 e.